The van der Waals surface area contributed by atoms with Gasteiger partial charge in [0, 0.05) is 31.6 Å². The minimum absolute atomic E-state index is 0.0290. The topological polar surface area (TPSA) is 35.9 Å². The third-order valence-electron chi connectivity index (χ3n) is 12.1. The molecule has 0 aromatic heterocycles. The van der Waals surface area contributed by atoms with Crippen LogP contribution in [0.1, 0.15) is 85.5 Å². The summed E-state index contributed by atoms with van der Waals surface area (Å²) in [4.78, 5) is 5.13. The van der Waals surface area contributed by atoms with Crippen LogP contribution in [0.4, 0.5) is 0 Å². The highest BCUT2D eigenvalue weighted by atomic mass is 16.5. The van der Waals surface area contributed by atoms with E-state index < -0.39 is 0 Å². The molecule has 2 saturated carbocycles. The van der Waals surface area contributed by atoms with Crippen molar-refractivity contribution in [3.05, 3.63) is 22.8 Å². The average molecular weight is 497 g/mol. The molecule has 1 spiro atoms. The molecular formula is C32H52N2O2. The van der Waals surface area contributed by atoms with Gasteiger partial charge < -0.3 is 14.7 Å². The monoisotopic (exact) mass is 496 g/mol. The Morgan fingerprint density at radius 1 is 1.17 bits per heavy atom. The third-order valence-corrected chi connectivity index (χ3v) is 12.1. The fourth-order valence-electron chi connectivity index (χ4n) is 10.2. The van der Waals surface area contributed by atoms with Crippen LogP contribution >= 0.6 is 0 Å². The summed E-state index contributed by atoms with van der Waals surface area (Å²) in [5.41, 5.74) is 5.41. The minimum atomic E-state index is -0.113. The summed E-state index contributed by atoms with van der Waals surface area (Å²) in [6.07, 6.45) is 13.4. The predicted molar refractivity (Wildman–Crippen MR) is 147 cm³/mol. The summed E-state index contributed by atoms with van der Waals surface area (Å²) in [5, 5.41) is 10.3. The van der Waals surface area contributed by atoms with Gasteiger partial charge in [0.25, 0.3) is 0 Å². The Kier molecular flexibility index (Phi) is 6.55. The zero-order chi connectivity index (χ0) is 25.4. The van der Waals surface area contributed by atoms with Crippen molar-refractivity contribution in [3.63, 3.8) is 0 Å². The summed E-state index contributed by atoms with van der Waals surface area (Å²) in [6, 6.07) is 0.581. The van der Waals surface area contributed by atoms with E-state index in [4.69, 9.17) is 4.74 Å². The van der Waals surface area contributed by atoms with E-state index in [1.54, 1.807) is 11.1 Å². The maximum Gasteiger partial charge on any atom is 0.0765 e. The molecule has 36 heavy (non-hydrogen) atoms. The molecule has 202 valence electrons. The Morgan fingerprint density at radius 2 is 1.97 bits per heavy atom. The molecule has 4 heteroatoms. The first-order valence-corrected chi connectivity index (χ1v) is 15.2. The summed E-state index contributed by atoms with van der Waals surface area (Å²) < 4.78 is 7.25. The number of likely N-dealkylation sites (N-methyl/N-ethyl adjacent to an activating group) is 1. The van der Waals surface area contributed by atoms with Crippen molar-refractivity contribution in [1.82, 2.24) is 9.80 Å². The van der Waals surface area contributed by atoms with Gasteiger partial charge in [0.15, 0.2) is 0 Å². The normalized spacial score (nSPS) is 48.9. The molecule has 2 aliphatic heterocycles. The zero-order valence-corrected chi connectivity index (χ0v) is 23.9. The van der Waals surface area contributed by atoms with Crippen molar-refractivity contribution in [3.8, 4) is 0 Å². The highest BCUT2D eigenvalue weighted by Gasteiger charge is 2.59. The van der Waals surface area contributed by atoms with Crippen LogP contribution in [0.25, 0.3) is 0 Å². The lowest BCUT2D eigenvalue weighted by atomic mass is 9.56. The van der Waals surface area contributed by atoms with E-state index in [9.17, 15) is 5.11 Å². The first-order chi connectivity index (χ1) is 17.1. The van der Waals surface area contributed by atoms with Gasteiger partial charge in [-0.25, -0.2) is 0 Å². The summed E-state index contributed by atoms with van der Waals surface area (Å²) in [6.45, 7) is 13.5. The number of allylic oxidation sites excluding steroid dienone is 2. The molecule has 4 fully saturated rings. The van der Waals surface area contributed by atoms with Crippen molar-refractivity contribution >= 4 is 0 Å². The number of likely N-dealkylation sites (tertiary alicyclic amines) is 1. The molecule has 2 saturated heterocycles. The van der Waals surface area contributed by atoms with Gasteiger partial charge in [0.1, 0.15) is 0 Å². The Labute approximate surface area is 220 Å². The van der Waals surface area contributed by atoms with E-state index in [0.29, 0.717) is 23.5 Å². The van der Waals surface area contributed by atoms with Crippen LogP contribution in [0, 0.1) is 35.0 Å². The maximum atomic E-state index is 10.3. The van der Waals surface area contributed by atoms with Crippen LogP contribution in [-0.2, 0) is 4.74 Å². The summed E-state index contributed by atoms with van der Waals surface area (Å²) in [5.74, 6) is 3.64. The lowest BCUT2D eigenvalue weighted by molar-refractivity contribution is -0.0794. The van der Waals surface area contributed by atoms with Crippen LogP contribution in [0.5, 0.6) is 0 Å². The van der Waals surface area contributed by atoms with Crippen LogP contribution in [-0.4, -0.2) is 72.5 Å². The second-order valence-corrected chi connectivity index (χ2v) is 14.5. The molecule has 6 aliphatic rings. The van der Waals surface area contributed by atoms with E-state index >= 15 is 0 Å². The number of fused-ring (bicyclic) bond motifs is 6. The zero-order valence-electron chi connectivity index (χ0n) is 23.9. The molecule has 0 aromatic rings. The Balaban J connectivity index is 1.25. The molecule has 0 amide bonds. The van der Waals surface area contributed by atoms with Gasteiger partial charge in [-0.1, -0.05) is 43.6 Å². The van der Waals surface area contributed by atoms with Crippen molar-refractivity contribution in [2.45, 2.75) is 109 Å². The summed E-state index contributed by atoms with van der Waals surface area (Å²) >= 11 is 0. The molecular weight excluding hydrogens is 444 g/mol. The van der Waals surface area contributed by atoms with Crippen molar-refractivity contribution in [2.75, 3.05) is 33.7 Å². The Bertz CT molecular complexity index is 925. The van der Waals surface area contributed by atoms with Crippen LogP contribution in [0.2, 0.25) is 0 Å². The quantitative estimate of drug-likeness (QED) is 0.511. The predicted octanol–water partition coefficient (Wildman–Crippen LogP) is 5.67. The molecule has 1 N–H and O–H groups in total. The second-order valence-electron chi connectivity index (χ2n) is 14.5. The Hall–Kier alpha value is -0.680. The Morgan fingerprint density at radius 3 is 2.75 bits per heavy atom. The molecule has 4 nitrogen and oxygen atoms in total. The van der Waals surface area contributed by atoms with E-state index in [-0.39, 0.29) is 11.7 Å². The SMILES string of the molecule is CC1=C2C[C@H]3[C@@H](CC=C4C[C@@H](O)CC[C@@]43C)[C@@H]2CCC2(C1)O[C@@H]1C[C@H](C)CN(CCN(C)C)[C@H]1[C@H]2C. The largest absolute Gasteiger partial charge is 0.393 e. The molecule has 4 aliphatic carbocycles. The van der Waals surface area contributed by atoms with Gasteiger partial charge in [-0.3, -0.25) is 4.90 Å². The smallest absolute Gasteiger partial charge is 0.0765 e. The third kappa shape index (κ3) is 4.00. The fraction of sp³-hybridized carbons (Fsp3) is 0.875. The molecule has 1 unspecified atom stereocenters. The van der Waals surface area contributed by atoms with E-state index in [1.807, 2.05) is 5.57 Å². The van der Waals surface area contributed by atoms with Crippen molar-refractivity contribution in [1.29, 1.82) is 0 Å². The van der Waals surface area contributed by atoms with Gasteiger partial charge in [-0.05, 0) is 108 Å². The highest BCUT2D eigenvalue weighted by Crippen LogP contribution is 2.63. The number of hydrogen-bond donors (Lipinski definition) is 1. The van der Waals surface area contributed by atoms with Crippen molar-refractivity contribution in [2.24, 2.45) is 35.0 Å². The number of piperidine rings is 1. The molecule has 0 radical (unpaired) electrons. The first-order valence-electron chi connectivity index (χ1n) is 15.2. The molecule has 0 aromatic carbocycles. The van der Waals surface area contributed by atoms with Gasteiger partial charge in [0.05, 0.1) is 17.8 Å². The van der Waals surface area contributed by atoms with E-state index in [0.717, 1.165) is 56.0 Å². The number of hydrogen-bond acceptors (Lipinski definition) is 4. The van der Waals surface area contributed by atoms with Gasteiger partial charge in [-0.2, -0.15) is 0 Å². The standard InChI is InChI=1S/C32H52N2O2/c1-20-15-29-30(34(19-20)14-13-33(5)6)22(3)32(36-29)12-10-25-26-8-7-23-16-24(35)9-11-31(23,4)28(26)17-27(25)21(2)18-32/h7,20,22,24-26,28-30,35H,8-19H2,1-6H3/t20-,22+,24-,25-,26-,28-,29+,30-,31-,32?/m0/s1. The minimum Gasteiger partial charge on any atom is -0.393 e. The van der Waals surface area contributed by atoms with Gasteiger partial charge >= 0.3 is 0 Å². The maximum absolute atomic E-state index is 10.3. The van der Waals surface area contributed by atoms with Gasteiger partial charge in [0.2, 0.25) is 0 Å². The van der Waals surface area contributed by atoms with E-state index in [1.165, 1.54) is 45.1 Å². The van der Waals surface area contributed by atoms with Crippen LogP contribution < -0.4 is 0 Å². The number of ether oxygens (including phenoxy) is 1. The number of aliphatic hydroxyl groups excluding tert-OH is 1. The first kappa shape index (κ1) is 25.6. The number of rotatable bonds is 3. The highest BCUT2D eigenvalue weighted by molar-refractivity contribution is 5.34. The number of nitrogens with zero attached hydrogens (tertiary/aromatic N) is 2. The molecule has 0 bridgehead atoms. The summed E-state index contributed by atoms with van der Waals surface area (Å²) in [7, 11) is 4.40. The fourth-order valence-corrected chi connectivity index (χ4v) is 10.2. The van der Waals surface area contributed by atoms with Gasteiger partial charge in [-0.15, -0.1) is 0 Å². The van der Waals surface area contributed by atoms with Crippen LogP contribution in [0.15, 0.2) is 22.8 Å². The second kappa shape index (κ2) is 9.21. The lowest BCUT2D eigenvalue weighted by Crippen LogP contribution is -2.53. The van der Waals surface area contributed by atoms with Crippen LogP contribution in [0.3, 0.4) is 0 Å². The molecule has 10 atom stereocenters. The molecule has 6 rings (SSSR count). The van der Waals surface area contributed by atoms with Crippen molar-refractivity contribution < 1.29 is 9.84 Å². The molecule has 2 heterocycles. The number of aliphatic hydroxyl groups is 1. The lowest BCUT2D eigenvalue weighted by Gasteiger charge is -2.49. The average Bonchev–Trinajstić information content (AvgIpc) is 3.28. The van der Waals surface area contributed by atoms with E-state index in [2.05, 4.69) is 57.7 Å².